The molecule has 4 heteroatoms. The number of benzene rings is 2. The molecule has 1 aromatic heterocycles. The fourth-order valence-corrected chi connectivity index (χ4v) is 2.85. The van der Waals surface area contributed by atoms with Crippen molar-refractivity contribution >= 4 is 33.8 Å². The number of fused-ring (bicyclic) bond motifs is 2. The number of hydrogen-bond acceptors (Lipinski definition) is 3. The average molecular weight is 301 g/mol. The van der Waals surface area contributed by atoms with Crippen LogP contribution in [0.1, 0.15) is 15.9 Å². The van der Waals surface area contributed by atoms with Crippen molar-refractivity contribution in [2.75, 3.05) is 0 Å². The molecule has 0 aliphatic heterocycles. The summed E-state index contributed by atoms with van der Waals surface area (Å²) >= 11 is 0. The maximum atomic E-state index is 12.7. The minimum Gasteiger partial charge on any atom is -0.867 e. The highest BCUT2D eigenvalue weighted by Crippen LogP contribution is 2.26. The smallest absolute Gasteiger partial charge is 0.296 e. The van der Waals surface area contributed by atoms with Crippen LogP contribution in [0.5, 0.6) is 0 Å². The minimum absolute atomic E-state index is 0.126. The minimum atomic E-state index is -0.769. The average Bonchev–Trinajstić information content (AvgIpc) is 2.60. The molecule has 0 radical (unpaired) electrons. The standard InChI is InChI=1S/C19H11NO3/c21-17-14-7-3-4-8-15(14)18(22)19(23)16(17)20-10-9-12-5-1-2-6-13(12)11-20/h1-11H. The summed E-state index contributed by atoms with van der Waals surface area (Å²) in [5.41, 5.74) is 0.319. The maximum absolute atomic E-state index is 12.7. The van der Waals surface area contributed by atoms with Gasteiger partial charge < -0.3 is 5.11 Å². The molecule has 4 rings (SSSR count). The molecule has 0 N–H and O–H groups in total. The van der Waals surface area contributed by atoms with Gasteiger partial charge in [0.15, 0.2) is 12.4 Å². The van der Waals surface area contributed by atoms with E-state index >= 15 is 0 Å². The van der Waals surface area contributed by atoms with Crippen LogP contribution in [0.3, 0.4) is 0 Å². The third kappa shape index (κ3) is 1.96. The predicted octanol–water partition coefficient (Wildman–Crippen LogP) is 1.58. The molecule has 0 saturated heterocycles. The maximum Gasteiger partial charge on any atom is 0.296 e. The van der Waals surface area contributed by atoms with Gasteiger partial charge in [-0.25, -0.2) is 0 Å². The van der Waals surface area contributed by atoms with Gasteiger partial charge in [-0.2, -0.15) is 4.57 Å². The lowest BCUT2D eigenvalue weighted by Gasteiger charge is -2.21. The number of pyridine rings is 1. The van der Waals surface area contributed by atoms with E-state index in [1.807, 2.05) is 30.3 Å². The lowest BCUT2D eigenvalue weighted by atomic mass is 9.91. The van der Waals surface area contributed by atoms with Crippen molar-refractivity contribution in [3.63, 3.8) is 0 Å². The van der Waals surface area contributed by atoms with Crippen molar-refractivity contribution in [2.24, 2.45) is 0 Å². The molecule has 0 atom stereocenters. The van der Waals surface area contributed by atoms with Gasteiger partial charge in [0.2, 0.25) is 5.78 Å². The molecule has 0 spiro atoms. The van der Waals surface area contributed by atoms with E-state index < -0.39 is 17.3 Å². The van der Waals surface area contributed by atoms with Crippen LogP contribution in [-0.2, 0) is 4.79 Å². The largest absolute Gasteiger partial charge is 0.867 e. The molecule has 3 aromatic rings. The second kappa shape index (κ2) is 4.88. The van der Waals surface area contributed by atoms with Gasteiger partial charge in [-0.15, -0.1) is 0 Å². The lowest BCUT2D eigenvalue weighted by Crippen LogP contribution is -2.43. The molecule has 1 heterocycles. The molecule has 2 aromatic carbocycles. The number of allylic oxidation sites excluding steroid dienone is 1. The molecular weight excluding hydrogens is 290 g/mol. The van der Waals surface area contributed by atoms with Gasteiger partial charge in [0.25, 0.3) is 11.5 Å². The fourth-order valence-electron chi connectivity index (χ4n) is 2.85. The Balaban J connectivity index is 1.99. The predicted molar refractivity (Wildman–Crippen MR) is 83.0 cm³/mol. The van der Waals surface area contributed by atoms with Gasteiger partial charge >= 0.3 is 0 Å². The summed E-state index contributed by atoms with van der Waals surface area (Å²) in [5.74, 6) is -1.84. The number of hydrogen-bond donors (Lipinski definition) is 0. The number of ketones is 2. The third-order valence-corrected chi connectivity index (χ3v) is 4.00. The van der Waals surface area contributed by atoms with Crippen LogP contribution in [0.25, 0.3) is 22.2 Å². The second-order valence-electron chi connectivity index (χ2n) is 5.36. The highest BCUT2D eigenvalue weighted by molar-refractivity contribution is 6.58. The zero-order valence-corrected chi connectivity index (χ0v) is 12.0. The van der Waals surface area contributed by atoms with Crippen molar-refractivity contribution in [3.8, 4) is 0 Å². The van der Waals surface area contributed by atoms with Crippen LogP contribution in [0.15, 0.2) is 67.0 Å². The van der Waals surface area contributed by atoms with Crippen molar-refractivity contribution in [1.29, 1.82) is 0 Å². The zero-order chi connectivity index (χ0) is 16.0. The summed E-state index contributed by atoms with van der Waals surface area (Å²) in [5, 5.41) is 14.6. The van der Waals surface area contributed by atoms with E-state index in [0.717, 1.165) is 10.8 Å². The SMILES string of the molecule is O=C1C(=O)c2ccccc2C([O-])=C1[n+]1ccc2ccccc2c1. The third-order valence-electron chi connectivity index (χ3n) is 4.00. The topological polar surface area (TPSA) is 61.1 Å². The Morgan fingerprint density at radius 3 is 2.17 bits per heavy atom. The first-order chi connectivity index (χ1) is 11.2. The molecule has 0 unspecified atom stereocenters. The van der Waals surface area contributed by atoms with E-state index in [1.165, 1.54) is 10.6 Å². The van der Waals surface area contributed by atoms with Gasteiger partial charge in [0, 0.05) is 17.0 Å². The second-order valence-corrected chi connectivity index (χ2v) is 5.36. The Bertz CT molecular complexity index is 1020. The Morgan fingerprint density at radius 2 is 1.39 bits per heavy atom. The number of nitrogens with zero attached hydrogens (tertiary/aromatic N) is 1. The number of carbonyl (C=O) groups excluding carboxylic acids is 2. The van der Waals surface area contributed by atoms with Crippen molar-refractivity contribution in [2.45, 2.75) is 0 Å². The van der Waals surface area contributed by atoms with E-state index in [9.17, 15) is 14.7 Å². The molecule has 0 bridgehead atoms. The van der Waals surface area contributed by atoms with Gasteiger partial charge in [0.05, 0.1) is 0 Å². The highest BCUT2D eigenvalue weighted by Gasteiger charge is 2.35. The van der Waals surface area contributed by atoms with E-state index in [2.05, 4.69) is 0 Å². The summed E-state index contributed by atoms with van der Waals surface area (Å²) in [4.78, 5) is 24.7. The molecule has 0 saturated carbocycles. The van der Waals surface area contributed by atoms with Crippen LogP contribution in [0, 0.1) is 0 Å². The van der Waals surface area contributed by atoms with Crippen molar-refractivity contribution < 1.29 is 19.3 Å². The molecular formula is C19H11NO3. The molecule has 1 aliphatic carbocycles. The summed E-state index contributed by atoms with van der Waals surface area (Å²) in [7, 11) is 0. The fraction of sp³-hybridized carbons (Fsp3) is 0. The van der Waals surface area contributed by atoms with Gasteiger partial charge in [-0.3, -0.25) is 9.59 Å². The Labute approximate surface area is 131 Å². The monoisotopic (exact) mass is 301 g/mol. The lowest BCUT2D eigenvalue weighted by molar-refractivity contribution is -0.577. The first-order valence-corrected chi connectivity index (χ1v) is 7.17. The van der Waals surface area contributed by atoms with Crippen molar-refractivity contribution in [3.05, 3.63) is 78.1 Å². The normalized spacial score (nSPS) is 14.3. The number of aromatic nitrogens is 1. The highest BCUT2D eigenvalue weighted by atomic mass is 16.3. The molecule has 4 nitrogen and oxygen atoms in total. The summed E-state index contributed by atoms with van der Waals surface area (Å²) in [6.45, 7) is 0. The molecule has 23 heavy (non-hydrogen) atoms. The Kier molecular flexibility index (Phi) is 2.84. The summed E-state index contributed by atoms with van der Waals surface area (Å²) < 4.78 is 1.45. The number of carbonyl (C=O) groups is 2. The van der Waals surface area contributed by atoms with Crippen LogP contribution in [-0.4, -0.2) is 11.6 Å². The van der Waals surface area contributed by atoms with Crippen LogP contribution in [0.2, 0.25) is 0 Å². The quantitative estimate of drug-likeness (QED) is 0.506. The van der Waals surface area contributed by atoms with Gasteiger partial charge in [-0.1, -0.05) is 42.5 Å². The zero-order valence-electron chi connectivity index (χ0n) is 12.0. The molecule has 0 fully saturated rings. The van der Waals surface area contributed by atoms with Crippen LogP contribution < -0.4 is 9.67 Å². The summed E-state index contributed by atoms with van der Waals surface area (Å²) in [6, 6.07) is 15.8. The Morgan fingerprint density at radius 1 is 0.739 bits per heavy atom. The first-order valence-electron chi connectivity index (χ1n) is 7.17. The van der Waals surface area contributed by atoms with Gasteiger partial charge in [0.1, 0.15) is 0 Å². The van der Waals surface area contributed by atoms with E-state index in [-0.39, 0.29) is 16.8 Å². The number of rotatable bonds is 1. The number of Topliss-reactive ketones (excluding diaryl/α,β-unsaturated/α-hetero) is 2. The molecule has 110 valence electrons. The molecule has 1 aliphatic rings. The van der Waals surface area contributed by atoms with Crippen LogP contribution in [0.4, 0.5) is 0 Å². The Hall–Kier alpha value is -3.27. The van der Waals surface area contributed by atoms with Gasteiger partial charge in [-0.05, 0) is 22.8 Å². The van der Waals surface area contributed by atoms with E-state index in [1.54, 1.807) is 30.6 Å². The van der Waals surface area contributed by atoms with E-state index in [4.69, 9.17) is 0 Å². The molecule has 0 amide bonds. The summed E-state index contributed by atoms with van der Waals surface area (Å²) in [6.07, 6.45) is 3.33. The van der Waals surface area contributed by atoms with E-state index in [0.29, 0.717) is 0 Å². The first kappa shape index (κ1) is 13.4. The van der Waals surface area contributed by atoms with Crippen molar-refractivity contribution in [1.82, 2.24) is 0 Å². The van der Waals surface area contributed by atoms with Crippen LogP contribution >= 0.6 is 0 Å².